The standard InChI is InChI=1S/C22H24N4O.C2HF3O2/c27-22(20-15-23-26-11-2-1-6-21(20)26)24-18-8-7-16-9-12-25(19-4-3-5-19)13-10-17(16)14-18;3-2(4,5)1(6)7/h1-2,6-8,11,14-15,19H,3-5,9-10,12-13H2,(H,24,27);(H,6,7). The van der Waals surface area contributed by atoms with Gasteiger partial charge in [-0.25, -0.2) is 9.31 Å². The highest BCUT2D eigenvalue weighted by Gasteiger charge is 2.38. The molecule has 10 heteroatoms. The Bertz CT molecular complexity index is 1190. The minimum atomic E-state index is -5.08. The van der Waals surface area contributed by atoms with Crippen molar-refractivity contribution in [2.45, 2.75) is 44.3 Å². The van der Waals surface area contributed by atoms with Crippen molar-refractivity contribution in [1.82, 2.24) is 14.5 Å². The minimum absolute atomic E-state index is 0.110. The number of alkyl halides is 3. The van der Waals surface area contributed by atoms with Gasteiger partial charge >= 0.3 is 12.1 Å². The molecule has 0 bridgehead atoms. The van der Waals surface area contributed by atoms with Crippen LogP contribution >= 0.6 is 0 Å². The Balaban J connectivity index is 0.000000344. The summed E-state index contributed by atoms with van der Waals surface area (Å²) < 4.78 is 33.5. The predicted octanol–water partition coefficient (Wildman–Crippen LogP) is 4.17. The lowest BCUT2D eigenvalue weighted by atomic mass is 9.91. The Hall–Kier alpha value is -3.40. The quantitative estimate of drug-likeness (QED) is 0.595. The van der Waals surface area contributed by atoms with Crippen molar-refractivity contribution in [3.63, 3.8) is 0 Å². The van der Waals surface area contributed by atoms with E-state index in [1.807, 2.05) is 30.5 Å². The van der Waals surface area contributed by atoms with E-state index in [9.17, 15) is 18.0 Å². The Morgan fingerprint density at radius 1 is 1.06 bits per heavy atom. The second kappa shape index (κ2) is 9.84. The fraction of sp³-hybridized carbons (Fsp3) is 0.375. The van der Waals surface area contributed by atoms with Crippen LogP contribution in [0.15, 0.2) is 48.8 Å². The number of pyridine rings is 1. The fourth-order valence-corrected chi connectivity index (χ4v) is 4.25. The van der Waals surface area contributed by atoms with E-state index < -0.39 is 12.1 Å². The van der Waals surface area contributed by atoms with E-state index in [0.29, 0.717) is 5.56 Å². The highest BCUT2D eigenvalue weighted by molar-refractivity contribution is 6.08. The number of rotatable bonds is 3. The first kappa shape index (κ1) is 23.7. The number of anilines is 1. The van der Waals surface area contributed by atoms with Crippen molar-refractivity contribution in [3.05, 3.63) is 65.5 Å². The van der Waals surface area contributed by atoms with Crippen LogP contribution in [0.3, 0.4) is 0 Å². The summed E-state index contributed by atoms with van der Waals surface area (Å²) in [6.07, 6.45) is 4.66. The molecule has 2 aromatic heterocycles. The molecule has 1 aliphatic heterocycles. The van der Waals surface area contributed by atoms with Crippen molar-refractivity contribution in [1.29, 1.82) is 0 Å². The number of aromatic nitrogens is 2. The number of fused-ring (bicyclic) bond motifs is 2. The van der Waals surface area contributed by atoms with Gasteiger partial charge in [0.25, 0.3) is 5.91 Å². The first-order valence-electron chi connectivity index (χ1n) is 11.1. The van der Waals surface area contributed by atoms with Gasteiger partial charge in [0, 0.05) is 31.0 Å². The maximum absolute atomic E-state index is 12.7. The molecule has 1 aliphatic carbocycles. The maximum Gasteiger partial charge on any atom is 0.490 e. The predicted molar refractivity (Wildman–Crippen MR) is 120 cm³/mol. The van der Waals surface area contributed by atoms with Crippen molar-refractivity contribution < 1.29 is 27.9 Å². The van der Waals surface area contributed by atoms with Crippen LogP contribution in [-0.4, -0.2) is 56.8 Å². The van der Waals surface area contributed by atoms with Crippen molar-refractivity contribution in [2.24, 2.45) is 0 Å². The molecule has 3 aromatic rings. The summed E-state index contributed by atoms with van der Waals surface area (Å²) in [6.45, 7) is 2.29. The molecule has 5 rings (SSSR count). The third-order valence-electron chi connectivity index (χ3n) is 6.31. The molecule has 0 spiro atoms. The van der Waals surface area contributed by atoms with E-state index in [1.165, 1.54) is 30.4 Å². The number of carboxylic acids is 1. The summed E-state index contributed by atoms with van der Waals surface area (Å²) in [5.41, 5.74) is 5.08. The molecule has 34 heavy (non-hydrogen) atoms. The number of carboxylic acid groups (broad SMARTS) is 1. The second-order valence-electron chi connectivity index (χ2n) is 8.45. The lowest BCUT2D eigenvalue weighted by Gasteiger charge is -2.36. The van der Waals surface area contributed by atoms with Crippen LogP contribution in [-0.2, 0) is 17.6 Å². The Morgan fingerprint density at radius 2 is 1.76 bits per heavy atom. The topological polar surface area (TPSA) is 86.9 Å². The number of aliphatic carboxylic acids is 1. The van der Waals surface area contributed by atoms with E-state index in [-0.39, 0.29) is 5.91 Å². The molecule has 3 heterocycles. The molecule has 0 atom stereocenters. The number of hydrogen-bond donors (Lipinski definition) is 2. The molecule has 0 saturated heterocycles. The number of hydrogen-bond acceptors (Lipinski definition) is 4. The second-order valence-corrected chi connectivity index (χ2v) is 8.45. The number of amides is 1. The molecule has 1 amide bonds. The molecule has 180 valence electrons. The van der Waals surface area contributed by atoms with E-state index in [0.717, 1.165) is 43.2 Å². The van der Waals surface area contributed by atoms with Gasteiger partial charge in [0.1, 0.15) is 0 Å². The maximum atomic E-state index is 12.7. The van der Waals surface area contributed by atoms with E-state index in [2.05, 4.69) is 27.4 Å². The monoisotopic (exact) mass is 474 g/mol. The van der Waals surface area contributed by atoms with Crippen LogP contribution in [0.2, 0.25) is 0 Å². The first-order chi connectivity index (χ1) is 16.2. The van der Waals surface area contributed by atoms with Crippen molar-refractivity contribution in [3.8, 4) is 0 Å². The smallest absolute Gasteiger partial charge is 0.475 e. The molecule has 1 aromatic carbocycles. The molecule has 0 unspecified atom stereocenters. The summed E-state index contributed by atoms with van der Waals surface area (Å²) in [7, 11) is 0. The van der Waals surface area contributed by atoms with Crippen LogP contribution in [0.4, 0.5) is 18.9 Å². The van der Waals surface area contributed by atoms with Crippen molar-refractivity contribution in [2.75, 3.05) is 18.4 Å². The van der Waals surface area contributed by atoms with Gasteiger partial charge in [0.05, 0.1) is 17.3 Å². The summed E-state index contributed by atoms with van der Waals surface area (Å²) in [4.78, 5) is 24.3. The lowest BCUT2D eigenvalue weighted by Crippen LogP contribution is -2.41. The highest BCUT2D eigenvalue weighted by atomic mass is 19.4. The molecular weight excluding hydrogens is 449 g/mol. The van der Waals surface area contributed by atoms with Crippen LogP contribution in [0, 0.1) is 0 Å². The molecule has 7 nitrogen and oxygen atoms in total. The van der Waals surface area contributed by atoms with Crippen LogP contribution < -0.4 is 5.32 Å². The van der Waals surface area contributed by atoms with E-state index in [1.54, 1.807) is 10.7 Å². The fourth-order valence-electron chi connectivity index (χ4n) is 4.25. The Morgan fingerprint density at radius 3 is 2.41 bits per heavy atom. The van der Waals surface area contributed by atoms with E-state index >= 15 is 0 Å². The average Bonchev–Trinajstić information content (AvgIpc) is 3.09. The number of nitrogens with zero attached hydrogens (tertiary/aromatic N) is 3. The van der Waals surface area contributed by atoms with Gasteiger partial charge in [-0.1, -0.05) is 18.6 Å². The van der Waals surface area contributed by atoms with Crippen LogP contribution in [0.1, 0.15) is 40.7 Å². The summed E-state index contributed by atoms with van der Waals surface area (Å²) >= 11 is 0. The summed E-state index contributed by atoms with van der Waals surface area (Å²) in [5.74, 6) is -2.87. The van der Waals surface area contributed by atoms with Crippen LogP contribution in [0.5, 0.6) is 0 Å². The lowest BCUT2D eigenvalue weighted by molar-refractivity contribution is -0.192. The summed E-state index contributed by atoms with van der Waals surface area (Å²) in [5, 5.41) is 14.4. The minimum Gasteiger partial charge on any atom is -0.475 e. The van der Waals surface area contributed by atoms with Gasteiger partial charge in [-0.3, -0.25) is 9.69 Å². The number of nitrogens with one attached hydrogen (secondary N) is 1. The number of halogens is 3. The normalized spacial score (nSPS) is 16.6. The zero-order chi connectivity index (χ0) is 24.3. The highest BCUT2D eigenvalue weighted by Crippen LogP contribution is 2.28. The number of carbonyl (C=O) groups excluding carboxylic acids is 1. The zero-order valence-corrected chi connectivity index (χ0v) is 18.4. The van der Waals surface area contributed by atoms with E-state index in [4.69, 9.17) is 9.90 Å². The van der Waals surface area contributed by atoms with Gasteiger partial charge in [0.15, 0.2) is 0 Å². The zero-order valence-electron chi connectivity index (χ0n) is 18.4. The largest absolute Gasteiger partial charge is 0.490 e. The number of benzene rings is 1. The number of carbonyl (C=O) groups is 2. The van der Waals surface area contributed by atoms with Gasteiger partial charge in [-0.15, -0.1) is 0 Å². The molecule has 1 fully saturated rings. The molecule has 0 radical (unpaired) electrons. The first-order valence-corrected chi connectivity index (χ1v) is 11.1. The molecule has 2 aliphatic rings. The van der Waals surface area contributed by atoms with Gasteiger partial charge in [-0.2, -0.15) is 18.3 Å². The van der Waals surface area contributed by atoms with Gasteiger partial charge in [-0.05, 0) is 61.1 Å². The molecule has 2 N–H and O–H groups in total. The summed E-state index contributed by atoms with van der Waals surface area (Å²) in [6, 6.07) is 12.9. The molecular formula is C24H25F3N4O3. The third-order valence-corrected chi connectivity index (χ3v) is 6.31. The average molecular weight is 474 g/mol. The Labute approximate surface area is 194 Å². The Kier molecular flexibility index (Phi) is 6.87. The molecule has 1 saturated carbocycles. The van der Waals surface area contributed by atoms with Crippen molar-refractivity contribution >= 4 is 23.1 Å². The van der Waals surface area contributed by atoms with Gasteiger partial charge < -0.3 is 10.4 Å². The van der Waals surface area contributed by atoms with Crippen LogP contribution in [0.25, 0.3) is 5.52 Å². The van der Waals surface area contributed by atoms with Gasteiger partial charge in [0.2, 0.25) is 0 Å². The SMILES string of the molecule is O=C(Nc1ccc2c(c1)CCN(C1CCC1)CC2)c1cnn2ccccc12.O=C(O)C(F)(F)F. The third kappa shape index (κ3) is 5.39.